The smallest absolute Gasteiger partial charge is 0.350 e. The van der Waals surface area contributed by atoms with Crippen molar-refractivity contribution >= 4 is 63.1 Å². The fraction of sp³-hybridized carbons (Fsp3) is 0.259. The second-order valence-electron chi connectivity index (χ2n) is 8.67. The summed E-state index contributed by atoms with van der Waals surface area (Å²) in [6.07, 6.45) is -0.0457. The van der Waals surface area contributed by atoms with Crippen LogP contribution in [0.2, 0.25) is 10.0 Å². The number of ether oxygens (including phenoxy) is 2. The monoisotopic (exact) mass is 574 g/mol. The molecule has 1 saturated heterocycles. The standard InChI is InChI=1S/C27H24Cl2N2O6S/c1-5-36-26(35)24-14(4)30-27(38-24)31-21(16-8-11-18(28)19(29)12-16)20(23(33)25(31)34)22(32)15-6-9-17(10-7-15)37-13(2)3/h6-13,21,32H,5H2,1-4H3/b22-20+. The van der Waals surface area contributed by atoms with E-state index in [1.807, 2.05) is 13.8 Å². The molecular weight excluding hydrogens is 551 g/mol. The second kappa shape index (κ2) is 11.1. The number of halogens is 2. The highest BCUT2D eigenvalue weighted by molar-refractivity contribution is 7.17. The van der Waals surface area contributed by atoms with Gasteiger partial charge in [-0.05, 0) is 69.7 Å². The number of rotatable bonds is 7. The number of ketones is 1. The van der Waals surface area contributed by atoms with Crippen LogP contribution in [0.25, 0.3) is 5.76 Å². The van der Waals surface area contributed by atoms with Gasteiger partial charge in [-0.3, -0.25) is 14.5 Å². The average Bonchev–Trinajstić information content (AvgIpc) is 3.37. The summed E-state index contributed by atoms with van der Waals surface area (Å²) in [7, 11) is 0. The lowest BCUT2D eigenvalue weighted by Crippen LogP contribution is -2.29. The number of amides is 1. The summed E-state index contributed by atoms with van der Waals surface area (Å²) in [6, 6.07) is 10.1. The third-order valence-electron chi connectivity index (χ3n) is 5.66. The lowest BCUT2D eigenvalue weighted by atomic mass is 9.95. The van der Waals surface area contributed by atoms with Crippen LogP contribution in [0.4, 0.5) is 5.13 Å². The molecule has 1 aromatic heterocycles. The number of carbonyl (C=O) groups excluding carboxylic acids is 3. The summed E-state index contributed by atoms with van der Waals surface area (Å²) >= 11 is 13.3. The van der Waals surface area contributed by atoms with Crippen molar-refractivity contribution in [1.29, 1.82) is 0 Å². The molecule has 1 unspecified atom stereocenters. The van der Waals surface area contributed by atoms with Gasteiger partial charge in [-0.2, -0.15) is 0 Å². The molecule has 11 heteroatoms. The van der Waals surface area contributed by atoms with Crippen molar-refractivity contribution in [3.8, 4) is 5.75 Å². The SMILES string of the molecule is CCOC(=O)c1sc(N2C(=O)C(=O)/C(=C(/O)c3ccc(OC(C)C)cc3)C2c2ccc(Cl)c(Cl)c2)nc1C. The predicted molar refractivity (Wildman–Crippen MR) is 146 cm³/mol. The number of aliphatic hydroxyl groups excluding tert-OH is 1. The Bertz CT molecular complexity index is 1450. The van der Waals surface area contributed by atoms with Crippen LogP contribution in [-0.4, -0.2) is 40.5 Å². The highest BCUT2D eigenvalue weighted by Gasteiger charge is 2.48. The van der Waals surface area contributed by atoms with E-state index in [2.05, 4.69) is 4.98 Å². The van der Waals surface area contributed by atoms with Crippen LogP contribution in [0.15, 0.2) is 48.0 Å². The normalized spacial score (nSPS) is 16.8. The van der Waals surface area contributed by atoms with Gasteiger partial charge in [0.2, 0.25) is 0 Å². The molecule has 0 radical (unpaired) electrons. The van der Waals surface area contributed by atoms with Crippen molar-refractivity contribution in [2.24, 2.45) is 0 Å². The highest BCUT2D eigenvalue weighted by atomic mass is 35.5. The van der Waals surface area contributed by atoms with Gasteiger partial charge in [-0.15, -0.1) is 0 Å². The first-order valence-corrected chi connectivity index (χ1v) is 13.3. The quantitative estimate of drug-likeness (QED) is 0.152. The Morgan fingerprint density at radius 3 is 2.42 bits per heavy atom. The van der Waals surface area contributed by atoms with E-state index in [0.29, 0.717) is 22.6 Å². The molecule has 0 spiro atoms. The first-order valence-electron chi connectivity index (χ1n) is 11.7. The maximum atomic E-state index is 13.4. The minimum Gasteiger partial charge on any atom is -0.507 e. The van der Waals surface area contributed by atoms with Gasteiger partial charge >= 0.3 is 11.9 Å². The first kappa shape index (κ1) is 27.6. The van der Waals surface area contributed by atoms with Crippen LogP contribution in [0.5, 0.6) is 5.75 Å². The second-order valence-corrected chi connectivity index (χ2v) is 10.5. The maximum Gasteiger partial charge on any atom is 0.350 e. The van der Waals surface area contributed by atoms with Crippen LogP contribution < -0.4 is 9.64 Å². The summed E-state index contributed by atoms with van der Waals surface area (Å²) in [5, 5.41) is 11.9. The molecule has 1 aliphatic rings. The summed E-state index contributed by atoms with van der Waals surface area (Å²) < 4.78 is 10.7. The zero-order valence-corrected chi connectivity index (χ0v) is 23.3. The van der Waals surface area contributed by atoms with Crippen LogP contribution in [-0.2, 0) is 14.3 Å². The Balaban J connectivity index is 1.88. The van der Waals surface area contributed by atoms with Crippen molar-refractivity contribution < 1.29 is 29.0 Å². The van der Waals surface area contributed by atoms with E-state index in [0.717, 1.165) is 16.2 Å². The molecule has 1 aliphatic heterocycles. The number of hydrogen-bond donors (Lipinski definition) is 1. The predicted octanol–water partition coefficient (Wildman–Crippen LogP) is 6.35. The van der Waals surface area contributed by atoms with Gasteiger partial charge in [-0.1, -0.05) is 40.6 Å². The van der Waals surface area contributed by atoms with Crippen molar-refractivity contribution in [2.45, 2.75) is 39.8 Å². The van der Waals surface area contributed by atoms with Crippen molar-refractivity contribution in [3.63, 3.8) is 0 Å². The molecule has 2 aromatic carbocycles. The molecule has 198 valence electrons. The summed E-state index contributed by atoms with van der Waals surface area (Å²) in [5.74, 6) is -2.20. The molecule has 0 saturated carbocycles. The number of hydrogen-bond acceptors (Lipinski definition) is 8. The molecule has 4 rings (SSSR count). The molecule has 0 aliphatic carbocycles. The molecule has 1 fully saturated rings. The molecule has 3 aromatic rings. The minimum atomic E-state index is -1.09. The van der Waals surface area contributed by atoms with Crippen molar-refractivity contribution in [3.05, 3.63) is 79.8 Å². The molecule has 2 heterocycles. The van der Waals surface area contributed by atoms with E-state index in [1.165, 1.54) is 12.1 Å². The average molecular weight is 575 g/mol. The topological polar surface area (TPSA) is 106 Å². The largest absolute Gasteiger partial charge is 0.507 e. The van der Waals surface area contributed by atoms with Crippen molar-refractivity contribution in [1.82, 2.24) is 4.98 Å². The number of nitrogens with zero attached hydrogens (tertiary/aromatic N) is 2. The number of benzene rings is 2. The zero-order valence-electron chi connectivity index (χ0n) is 21.0. The van der Waals surface area contributed by atoms with Gasteiger partial charge in [0.05, 0.1) is 40.1 Å². The zero-order chi connectivity index (χ0) is 27.7. The number of aromatic nitrogens is 1. The third kappa shape index (κ3) is 5.27. The molecule has 1 amide bonds. The highest BCUT2D eigenvalue weighted by Crippen LogP contribution is 2.45. The summed E-state index contributed by atoms with van der Waals surface area (Å²) in [4.78, 5) is 44.9. The molecule has 0 bridgehead atoms. The van der Waals surface area contributed by atoms with Crippen LogP contribution in [0.3, 0.4) is 0 Å². The van der Waals surface area contributed by atoms with E-state index in [-0.39, 0.29) is 44.1 Å². The number of aliphatic hydroxyl groups is 1. The Hall–Kier alpha value is -3.40. The van der Waals surface area contributed by atoms with Crippen LogP contribution >= 0.6 is 34.5 Å². The van der Waals surface area contributed by atoms with Crippen molar-refractivity contribution in [2.75, 3.05) is 11.5 Å². The van der Waals surface area contributed by atoms with Crippen LogP contribution in [0.1, 0.15) is 53.3 Å². The summed E-state index contributed by atoms with van der Waals surface area (Å²) in [6.45, 7) is 7.23. The number of thiazole rings is 1. The van der Waals surface area contributed by atoms with E-state index in [1.54, 1.807) is 44.2 Å². The Morgan fingerprint density at radius 2 is 1.82 bits per heavy atom. The number of aryl methyl sites for hydroxylation is 1. The van der Waals surface area contributed by atoms with Gasteiger partial charge in [0.25, 0.3) is 5.78 Å². The fourth-order valence-electron chi connectivity index (χ4n) is 4.02. The Morgan fingerprint density at radius 1 is 1.13 bits per heavy atom. The van der Waals surface area contributed by atoms with Gasteiger partial charge in [-0.25, -0.2) is 9.78 Å². The lowest BCUT2D eigenvalue weighted by molar-refractivity contribution is -0.132. The summed E-state index contributed by atoms with van der Waals surface area (Å²) in [5.41, 5.74) is 0.924. The van der Waals surface area contributed by atoms with Gasteiger partial charge < -0.3 is 14.6 Å². The molecular formula is C27H24Cl2N2O6S. The van der Waals surface area contributed by atoms with Gasteiger partial charge in [0.1, 0.15) is 16.4 Å². The lowest BCUT2D eigenvalue weighted by Gasteiger charge is -2.23. The van der Waals surface area contributed by atoms with E-state index in [9.17, 15) is 19.5 Å². The minimum absolute atomic E-state index is 0.0457. The fourth-order valence-corrected chi connectivity index (χ4v) is 5.31. The van der Waals surface area contributed by atoms with Crippen LogP contribution in [0, 0.1) is 6.92 Å². The molecule has 1 atom stereocenters. The Kier molecular flexibility index (Phi) is 8.10. The number of carbonyl (C=O) groups is 3. The third-order valence-corrected chi connectivity index (χ3v) is 7.53. The van der Waals surface area contributed by atoms with Gasteiger partial charge in [0, 0.05) is 5.56 Å². The number of esters is 1. The molecule has 38 heavy (non-hydrogen) atoms. The number of anilines is 1. The molecule has 1 N–H and O–H groups in total. The molecule has 8 nitrogen and oxygen atoms in total. The number of Topliss-reactive ketones (excluding diaryl/α,β-unsaturated/α-hetero) is 1. The Labute approximate surface area is 233 Å². The first-order chi connectivity index (χ1) is 18.0. The van der Waals surface area contributed by atoms with E-state index in [4.69, 9.17) is 32.7 Å². The van der Waals surface area contributed by atoms with E-state index >= 15 is 0 Å². The van der Waals surface area contributed by atoms with E-state index < -0.39 is 23.7 Å². The van der Waals surface area contributed by atoms with Gasteiger partial charge in [0.15, 0.2) is 5.13 Å². The maximum absolute atomic E-state index is 13.4.